The molecule has 0 aliphatic carbocycles. The Bertz CT molecular complexity index is 998. The van der Waals surface area contributed by atoms with Gasteiger partial charge in [-0.05, 0) is 6.42 Å². The van der Waals surface area contributed by atoms with Crippen molar-refractivity contribution in [1.29, 1.82) is 0 Å². The summed E-state index contributed by atoms with van der Waals surface area (Å²) in [5.74, 6) is 0.887. The van der Waals surface area contributed by atoms with E-state index in [0.29, 0.717) is 0 Å². The molecule has 2 atom stereocenters. The van der Waals surface area contributed by atoms with Crippen LogP contribution in [0.3, 0.4) is 0 Å². The summed E-state index contributed by atoms with van der Waals surface area (Å²) in [4.78, 5) is 0. The van der Waals surface area contributed by atoms with Crippen LogP contribution in [0.25, 0.3) is 5.76 Å². The van der Waals surface area contributed by atoms with Gasteiger partial charge in [0.25, 0.3) is 0 Å². The molecule has 0 fully saturated rings. The van der Waals surface area contributed by atoms with Crippen LogP contribution in [0.15, 0.2) is 96.3 Å². The summed E-state index contributed by atoms with van der Waals surface area (Å²) in [7, 11) is -3.06. The zero-order valence-electron chi connectivity index (χ0n) is 17.7. The molecule has 3 aromatic carbocycles. The lowest BCUT2D eigenvalue weighted by molar-refractivity contribution is 0.145. The van der Waals surface area contributed by atoms with E-state index >= 15 is 4.57 Å². The lowest BCUT2D eigenvalue weighted by Gasteiger charge is -2.25. The normalized spacial score (nSPS) is 19.0. The second kappa shape index (κ2) is 9.06. The number of hydrogen-bond acceptors (Lipinski definition) is 2. The van der Waals surface area contributed by atoms with Crippen molar-refractivity contribution in [1.82, 2.24) is 0 Å². The summed E-state index contributed by atoms with van der Waals surface area (Å²) in [5.41, 5.74) is 1.01. The van der Waals surface area contributed by atoms with Crippen molar-refractivity contribution in [3.05, 3.63) is 102 Å². The molecule has 0 bridgehead atoms. The number of benzene rings is 3. The van der Waals surface area contributed by atoms with E-state index in [1.165, 1.54) is 0 Å². The predicted molar refractivity (Wildman–Crippen MR) is 127 cm³/mol. The molecule has 3 heteroatoms. The van der Waals surface area contributed by atoms with E-state index in [4.69, 9.17) is 4.74 Å². The monoisotopic (exact) mass is 416 g/mol. The van der Waals surface area contributed by atoms with Crippen molar-refractivity contribution in [3.8, 4) is 0 Å². The second-order valence-corrected chi connectivity index (χ2v) is 10.7. The molecule has 2 nitrogen and oxygen atoms in total. The van der Waals surface area contributed by atoms with Crippen molar-refractivity contribution in [3.63, 3.8) is 0 Å². The summed E-state index contributed by atoms with van der Waals surface area (Å²) in [5, 5.41) is 2.68. The molecule has 0 spiro atoms. The van der Waals surface area contributed by atoms with Crippen LogP contribution in [-0.4, -0.2) is 6.10 Å². The van der Waals surface area contributed by atoms with Crippen molar-refractivity contribution in [2.75, 3.05) is 0 Å². The molecule has 0 saturated carbocycles. The zero-order chi connectivity index (χ0) is 21.0. The highest BCUT2D eigenvalue weighted by molar-refractivity contribution is 7.82. The van der Waals surface area contributed by atoms with E-state index in [2.05, 4.69) is 26.0 Å². The van der Waals surface area contributed by atoms with Crippen LogP contribution >= 0.6 is 7.14 Å². The smallest absolute Gasteiger partial charge is 0.171 e. The maximum absolute atomic E-state index is 15.1. The minimum Gasteiger partial charge on any atom is -0.489 e. The van der Waals surface area contributed by atoms with Gasteiger partial charge in [-0.1, -0.05) is 118 Å². The summed E-state index contributed by atoms with van der Waals surface area (Å²) >= 11 is 0. The minimum absolute atomic E-state index is 0.0518. The van der Waals surface area contributed by atoms with Crippen LogP contribution in [0.2, 0.25) is 0 Å². The Morgan fingerprint density at radius 2 is 1.30 bits per heavy atom. The maximum Gasteiger partial charge on any atom is 0.171 e. The molecule has 1 aliphatic rings. The van der Waals surface area contributed by atoms with Gasteiger partial charge < -0.3 is 9.30 Å². The molecule has 0 unspecified atom stereocenters. The first-order valence-corrected chi connectivity index (χ1v) is 12.5. The van der Waals surface area contributed by atoms with Crippen molar-refractivity contribution in [2.45, 2.75) is 39.2 Å². The van der Waals surface area contributed by atoms with Gasteiger partial charge in [0, 0.05) is 27.4 Å². The van der Waals surface area contributed by atoms with Gasteiger partial charge in [0.15, 0.2) is 7.14 Å². The van der Waals surface area contributed by atoms with Crippen LogP contribution in [0.5, 0.6) is 0 Å². The van der Waals surface area contributed by atoms with E-state index in [-0.39, 0.29) is 12.0 Å². The third-order valence-electron chi connectivity index (χ3n) is 5.95. The van der Waals surface area contributed by atoms with E-state index in [9.17, 15) is 0 Å². The molecule has 154 valence electrons. The molecular weight excluding hydrogens is 387 g/mol. The SMILES string of the molecule is CCCC[C@H]1OC(c2ccccc2)=C(P(=O)(c2ccccc2)c2ccccc2)[C@H]1C. The number of hydrogen-bond donors (Lipinski definition) is 0. The number of unbranched alkanes of at least 4 members (excludes halogenated alkanes) is 1. The molecule has 0 N–H and O–H groups in total. The third kappa shape index (κ3) is 3.77. The molecule has 30 heavy (non-hydrogen) atoms. The van der Waals surface area contributed by atoms with Crippen LogP contribution in [-0.2, 0) is 9.30 Å². The van der Waals surface area contributed by atoms with Gasteiger partial charge in [-0.3, -0.25) is 0 Å². The summed E-state index contributed by atoms with van der Waals surface area (Å²) < 4.78 is 21.7. The fourth-order valence-electron chi connectivity index (χ4n) is 4.35. The van der Waals surface area contributed by atoms with Gasteiger partial charge in [0.2, 0.25) is 0 Å². The highest BCUT2D eigenvalue weighted by Crippen LogP contribution is 2.61. The van der Waals surface area contributed by atoms with Gasteiger partial charge in [0.1, 0.15) is 11.9 Å². The lowest BCUT2D eigenvalue weighted by Crippen LogP contribution is -2.22. The standard InChI is InChI=1S/C27H29O2P/c1-3-4-20-25-21(2)27(26(29-25)22-14-8-5-9-15-22)30(28,23-16-10-6-11-17-23)24-18-12-7-13-19-24/h5-19,21,25H,3-4,20H2,1-2H3/t21-,25+/m0/s1. The summed E-state index contributed by atoms with van der Waals surface area (Å²) in [6.45, 7) is 4.38. The van der Waals surface area contributed by atoms with Gasteiger partial charge in [-0.15, -0.1) is 0 Å². The average Bonchev–Trinajstić information content (AvgIpc) is 3.15. The first kappa shape index (κ1) is 20.7. The van der Waals surface area contributed by atoms with Gasteiger partial charge in [-0.25, -0.2) is 0 Å². The molecule has 4 rings (SSSR count). The maximum atomic E-state index is 15.1. The Balaban J connectivity index is 1.95. The highest BCUT2D eigenvalue weighted by atomic mass is 31.2. The molecule has 1 heterocycles. The van der Waals surface area contributed by atoms with Crippen molar-refractivity contribution in [2.24, 2.45) is 5.92 Å². The van der Waals surface area contributed by atoms with Crippen LogP contribution in [0.4, 0.5) is 0 Å². The quantitative estimate of drug-likeness (QED) is 0.406. The van der Waals surface area contributed by atoms with Gasteiger partial charge in [0.05, 0.1) is 0 Å². The molecule has 0 saturated heterocycles. The molecule has 0 aromatic heterocycles. The van der Waals surface area contributed by atoms with Gasteiger partial charge >= 0.3 is 0 Å². The summed E-state index contributed by atoms with van der Waals surface area (Å²) in [6.07, 6.45) is 3.25. The molecule has 3 aromatic rings. The minimum atomic E-state index is -3.06. The average molecular weight is 417 g/mol. The van der Waals surface area contributed by atoms with Gasteiger partial charge in [-0.2, -0.15) is 0 Å². The Labute approximate surface area is 180 Å². The largest absolute Gasteiger partial charge is 0.489 e. The van der Waals surface area contributed by atoms with E-state index in [1.54, 1.807) is 0 Å². The highest BCUT2D eigenvalue weighted by Gasteiger charge is 2.45. The van der Waals surface area contributed by atoms with E-state index in [0.717, 1.165) is 46.5 Å². The Hall–Kier alpha value is -2.57. The fraction of sp³-hybridized carbons (Fsp3) is 0.259. The predicted octanol–water partition coefficient (Wildman–Crippen LogP) is 6.59. The van der Waals surface area contributed by atoms with E-state index in [1.807, 2.05) is 78.9 Å². The first-order valence-electron chi connectivity index (χ1n) is 10.8. The van der Waals surface area contributed by atoms with Crippen molar-refractivity contribution >= 4 is 23.5 Å². The molecule has 0 amide bonds. The number of rotatable bonds is 7. The topological polar surface area (TPSA) is 26.3 Å². The van der Waals surface area contributed by atoms with E-state index < -0.39 is 7.14 Å². The Morgan fingerprint density at radius 1 is 0.800 bits per heavy atom. The molecular formula is C27H29O2P. The second-order valence-electron chi connectivity index (χ2n) is 7.95. The number of ether oxygens (including phenoxy) is 1. The molecule has 1 aliphatic heterocycles. The van der Waals surface area contributed by atoms with Crippen molar-refractivity contribution < 1.29 is 9.30 Å². The van der Waals surface area contributed by atoms with Crippen LogP contribution < -0.4 is 10.6 Å². The fourth-order valence-corrected chi connectivity index (χ4v) is 7.60. The Kier molecular flexibility index (Phi) is 6.25. The molecule has 0 radical (unpaired) electrons. The first-order chi connectivity index (χ1) is 14.7. The van der Waals surface area contributed by atoms with Crippen LogP contribution in [0.1, 0.15) is 38.7 Å². The summed E-state index contributed by atoms with van der Waals surface area (Å²) in [6, 6.07) is 30.0. The van der Waals surface area contributed by atoms with Crippen LogP contribution in [0, 0.1) is 5.92 Å². The zero-order valence-corrected chi connectivity index (χ0v) is 18.6. The third-order valence-corrected chi connectivity index (χ3v) is 9.29. The lowest BCUT2D eigenvalue weighted by atomic mass is 10.0. The Morgan fingerprint density at radius 3 is 1.80 bits per heavy atom.